The molecule has 0 aliphatic carbocycles. The number of piperazine rings is 1. The maximum absolute atomic E-state index is 10.1. The zero-order chi connectivity index (χ0) is 12.8. The molecule has 2 N–H and O–H groups in total. The van der Waals surface area contributed by atoms with E-state index in [2.05, 4.69) is 15.1 Å². The molecule has 1 aliphatic rings. The van der Waals surface area contributed by atoms with Crippen LogP contribution in [0.15, 0.2) is 23.0 Å². The summed E-state index contributed by atoms with van der Waals surface area (Å²) in [6.45, 7) is 6.38. The molecule has 102 valence electrons. The second-order valence-electron chi connectivity index (χ2n) is 5.03. The van der Waals surface area contributed by atoms with Gasteiger partial charge in [0, 0.05) is 51.4 Å². The largest absolute Gasteiger partial charge is 0.472 e. The van der Waals surface area contributed by atoms with Gasteiger partial charge in [0.2, 0.25) is 0 Å². The maximum Gasteiger partial charge on any atom is 0.0947 e. The van der Waals surface area contributed by atoms with Gasteiger partial charge in [0.05, 0.1) is 18.6 Å². The monoisotopic (exact) mass is 253 g/mol. The summed E-state index contributed by atoms with van der Waals surface area (Å²) >= 11 is 0. The number of aliphatic hydroxyl groups is 1. The van der Waals surface area contributed by atoms with Crippen molar-refractivity contribution in [2.24, 2.45) is 0 Å². The fourth-order valence-corrected chi connectivity index (χ4v) is 2.37. The van der Waals surface area contributed by atoms with Gasteiger partial charge in [-0.3, -0.25) is 9.80 Å². The molecule has 18 heavy (non-hydrogen) atoms. The van der Waals surface area contributed by atoms with Gasteiger partial charge >= 0.3 is 0 Å². The number of rotatable bonds is 6. The Morgan fingerprint density at radius 3 is 2.94 bits per heavy atom. The number of hydrogen-bond acceptors (Lipinski definition) is 5. The first kappa shape index (κ1) is 13.5. The lowest BCUT2D eigenvalue weighted by molar-refractivity contribution is 0.0751. The zero-order valence-electron chi connectivity index (χ0n) is 11.0. The van der Waals surface area contributed by atoms with Crippen molar-refractivity contribution in [1.82, 2.24) is 15.1 Å². The number of nitrogens with zero attached hydrogens (tertiary/aromatic N) is 2. The highest BCUT2D eigenvalue weighted by Gasteiger charge is 2.15. The van der Waals surface area contributed by atoms with Gasteiger partial charge in [0.15, 0.2) is 0 Å². The van der Waals surface area contributed by atoms with E-state index in [1.807, 2.05) is 13.1 Å². The van der Waals surface area contributed by atoms with Crippen molar-refractivity contribution in [3.05, 3.63) is 24.2 Å². The molecule has 1 aromatic heterocycles. The third-order valence-electron chi connectivity index (χ3n) is 3.23. The molecular formula is C13H23N3O2. The minimum Gasteiger partial charge on any atom is -0.472 e. The molecule has 1 atom stereocenters. The summed E-state index contributed by atoms with van der Waals surface area (Å²) in [6, 6.07) is 1.96. The lowest BCUT2D eigenvalue weighted by Gasteiger charge is -2.30. The predicted octanol–water partition coefficient (Wildman–Crippen LogP) is -0.0225. The van der Waals surface area contributed by atoms with Gasteiger partial charge in [-0.05, 0) is 13.1 Å². The molecule has 0 aromatic carbocycles. The van der Waals surface area contributed by atoms with Crippen LogP contribution in [0.4, 0.5) is 0 Å². The minimum absolute atomic E-state index is 0.292. The van der Waals surface area contributed by atoms with Crippen LogP contribution in [0.5, 0.6) is 0 Å². The van der Waals surface area contributed by atoms with E-state index < -0.39 is 0 Å². The van der Waals surface area contributed by atoms with Crippen molar-refractivity contribution >= 4 is 0 Å². The van der Waals surface area contributed by atoms with Crippen molar-refractivity contribution in [2.45, 2.75) is 12.6 Å². The molecule has 0 spiro atoms. The van der Waals surface area contributed by atoms with E-state index in [0.717, 1.165) is 44.8 Å². The molecule has 0 amide bonds. The van der Waals surface area contributed by atoms with E-state index in [-0.39, 0.29) is 6.10 Å². The fourth-order valence-electron chi connectivity index (χ4n) is 2.37. The highest BCUT2D eigenvalue weighted by Crippen LogP contribution is 2.05. The normalized spacial score (nSPS) is 19.3. The van der Waals surface area contributed by atoms with Crippen molar-refractivity contribution in [2.75, 3.05) is 46.3 Å². The average Bonchev–Trinajstić information content (AvgIpc) is 2.82. The Morgan fingerprint density at radius 1 is 1.50 bits per heavy atom. The van der Waals surface area contributed by atoms with Crippen LogP contribution in [0.25, 0.3) is 0 Å². The first-order valence-electron chi connectivity index (χ1n) is 6.55. The second kappa shape index (κ2) is 6.89. The Balaban J connectivity index is 1.67. The summed E-state index contributed by atoms with van der Waals surface area (Å²) in [7, 11) is 2.02. The Kier molecular flexibility index (Phi) is 5.19. The predicted molar refractivity (Wildman–Crippen MR) is 70.4 cm³/mol. The van der Waals surface area contributed by atoms with Crippen molar-refractivity contribution in [3.8, 4) is 0 Å². The van der Waals surface area contributed by atoms with Crippen molar-refractivity contribution in [3.63, 3.8) is 0 Å². The molecule has 1 unspecified atom stereocenters. The molecule has 2 heterocycles. The lowest BCUT2D eigenvalue weighted by atomic mass is 10.2. The summed E-state index contributed by atoms with van der Waals surface area (Å²) in [5.41, 5.74) is 1.15. The highest BCUT2D eigenvalue weighted by atomic mass is 16.3. The Bertz CT molecular complexity index is 323. The maximum atomic E-state index is 10.1. The van der Waals surface area contributed by atoms with Crippen molar-refractivity contribution < 1.29 is 9.52 Å². The highest BCUT2D eigenvalue weighted by molar-refractivity contribution is 5.04. The van der Waals surface area contributed by atoms with E-state index in [9.17, 15) is 5.11 Å². The number of nitrogens with one attached hydrogen (secondary N) is 1. The summed E-state index contributed by atoms with van der Waals surface area (Å²) in [5, 5.41) is 13.4. The van der Waals surface area contributed by atoms with Crippen LogP contribution in [0.2, 0.25) is 0 Å². The Labute approximate surface area is 108 Å². The molecule has 0 bridgehead atoms. The molecule has 1 aliphatic heterocycles. The van der Waals surface area contributed by atoms with Crippen LogP contribution in [-0.4, -0.2) is 67.3 Å². The van der Waals surface area contributed by atoms with E-state index in [4.69, 9.17) is 4.42 Å². The van der Waals surface area contributed by atoms with Gasteiger partial charge in [-0.1, -0.05) is 0 Å². The number of furan rings is 1. The van der Waals surface area contributed by atoms with Gasteiger partial charge < -0.3 is 14.8 Å². The smallest absolute Gasteiger partial charge is 0.0947 e. The van der Waals surface area contributed by atoms with Crippen LogP contribution >= 0.6 is 0 Å². The first-order chi connectivity index (χ1) is 8.74. The molecular weight excluding hydrogens is 230 g/mol. The van der Waals surface area contributed by atoms with E-state index in [1.54, 1.807) is 12.5 Å². The molecule has 5 nitrogen and oxygen atoms in total. The lowest BCUT2D eigenvalue weighted by Crippen LogP contribution is -2.47. The van der Waals surface area contributed by atoms with Crippen LogP contribution < -0.4 is 5.32 Å². The second-order valence-corrected chi connectivity index (χ2v) is 5.03. The van der Waals surface area contributed by atoms with Gasteiger partial charge in [0.1, 0.15) is 0 Å². The van der Waals surface area contributed by atoms with Crippen LogP contribution in [0.1, 0.15) is 5.56 Å². The third kappa shape index (κ3) is 4.42. The first-order valence-corrected chi connectivity index (χ1v) is 6.55. The molecule has 2 rings (SSSR count). The van der Waals surface area contributed by atoms with Gasteiger partial charge in [-0.25, -0.2) is 0 Å². The topological polar surface area (TPSA) is 51.9 Å². The quantitative estimate of drug-likeness (QED) is 0.746. The van der Waals surface area contributed by atoms with Crippen LogP contribution in [0.3, 0.4) is 0 Å². The van der Waals surface area contributed by atoms with Gasteiger partial charge in [-0.15, -0.1) is 0 Å². The number of β-amino-alcohol motifs (C(OH)–C–C–N with tert-alkyl or cyclic N) is 1. The van der Waals surface area contributed by atoms with Crippen LogP contribution in [0, 0.1) is 0 Å². The standard InChI is InChI=1S/C13H23N3O2/c1-15(8-12-2-7-18-11-12)9-13(17)10-16-5-3-14-4-6-16/h2,7,11,13-14,17H,3-6,8-10H2,1H3. The summed E-state index contributed by atoms with van der Waals surface area (Å²) in [5.74, 6) is 0. The Hall–Kier alpha value is -0.880. The molecule has 0 saturated carbocycles. The van der Waals surface area contributed by atoms with E-state index in [0.29, 0.717) is 6.54 Å². The Morgan fingerprint density at radius 2 is 2.28 bits per heavy atom. The third-order valence-corrected chi connectivity index (χ3v) is 3.23. The zero-order valence-corrected chi connectivity index (χ0v) is 11.0. The number of aliphatic hydroxyl groups excluding tert-OH is 1. The molecule has 0 radical (unpaired) electrons. The summed E-state index contributed by atoms with van der Waals surface area (Å²) < 4.78 is 5.04. The SMILES string of the molecule is CN(Cc1ccoc1)CC(O)CN1CCNCC1. The minimum atomic E-state index is -0.292. The molecule has 1 fully saturated rings. The van der Waals surface area contributed by atoms with E-state index in [1.165, 1.54) is 0 Å². The van der Waals surface area contributed by atoms with Crippen molar-refractivity contribution in [1.29, 1.82) is 0 Å². The fraction of sp³-hybridized carbons (Fsp3) is 0.692. The summed E-state index contributed by atoms with van der Waals surface area (Å²) in [4.78, 5) is 4.44. The molecule has 1 saturated heterocycles. The molecule has 5 heteroatoms. The summed E-state index contributed by atoms with van der Waals surface area (Å²) in [6.07, 6.45) is 3.14. The van der Waals surface area contributed by atoms with E-state index >= 15 is 0 Å². The van der Waals surface area contributed by atoms with Gasteiger partial charge in [0.25, 0.3) is 0 Å². The average molecular weight is 253 g/mol. The van der Waals surface area contributed by atoms with Gasteiger partial charge in [-0.2, -0.15) is 0 Å². The molecule has 1 aromatic rings. The number of hydrogen-bond donors (Lipinski definition) is 2. The number of likely N-dealkylation sites (N-methyl/N-ethyl adjacent to an activating group) is 1. The van der Waals surface area contributed by atoms with Crippen LogP contribution in [-0.2, 0) is 6.54 Å².